The van der Waals surface area contributed by atoms with Crippen molar-refractivity contribution in [1.82, 2.24) is 10.2 Å². The summed E-state index contributed by atoms with van der Waals surface area (Å²) in [5.41, 5.74) is 0.916. The van der Waals surface area contributed by atoms with E-state index in [-0.39, 0.29) is 36.0 Å². The highest BCUT2D eigenvalue weighted by atomic mass is 32.2. The first kappa shape index (κ1) is 20.4. The molecule has 0 fully saturated rings. The van der Waals surface area contributed by atoms with E-state index < -0.39 is 9.84 Å². The molecule has 0 radical (unpaired) electrons. The summed E-state index contributed by atoms with van der Waals surface area (Å²) in [5.74, 6) is 1.53. The molecule has 0 aromatic heterocycles. The summed E-state index contributed by atoms with van der Waals surface area (Å²) >= 11 is 0. The standard InChI is InChI=1S/C18H28N2O5S/c1-13(2)12-26(22,23)10-7-19-18(21)20(4)14(3)15-5-6-16-17(11-15)25-9-8-24-16/h5-6,11,13-14H,7-10,12H2,1-4H3,(H,19,21)/t14-/m1/s1. The summed E-state index contributed by atoms with van der Waals surface area (Å²) < 4.78 is 34.9. The molecule has 8 heteroatoms. The topological polar surface area (TPSA) is 84.9 Å². The fourth-order valence-electron chi connectivity index (χ4n) is 2.75. The molecule has 0 bridgehead atoms. The molecule has 1 aliphatic heterocycles. The summed E-state index contributed by atoms with van der Waals surface area (Å²) in [7, 11) is -1.47. The quantitative estimate of drug-likeness (QED) is 0.779. The molecular weight excluding hydrogens is 356 g/mol. The zero-order chi connectivity index (χ0) is 19.3. The molecule has 0 unspecified atom stereocenters. The molecule has 0 spiro atoms. The number of rotatable bonds is 7. The molecule has 26 heavy (non-hydrogen) atoms. The van der Waals surface area contributed by atoms with Gasteiger partial charge in [0.25, 0.3) is 0 Å². The molecule has 1 aromatic carbocycles. The van der Waals surface area contributed by atoms with E-state index in [1.165, 1.54) is 0 Å². The molecule has 0 saturated heterocycles. The largest absolute Gasteiger partial charge is 0.486 e. The van der Waals surface area contributed by atoms with Gasteiger partial charge in [0.1, 0.15) is 13.2 Å². The third-order valence-electron chi connectivity index (χ3n) is 4.23. The fraction of sp³-hybridized carbons (Fsp3) is 0.611. The Morgan fingerprint density at radius 1 is 1.19 bits per heavy atom. The van der Waals surface area contributed by atoms with E-state index in [0.717, 1.165) is 5.56 Å². The van der Waals surface area contributed by atoms with Crippen molar-refractivity contribution < 1.29 is 22.7 Å². The lowest BCUT2D eigenvalue weighted by Crippen LogP contribution is -2.41. The van der Waals surface area contributed by atoms with Gasteiger partial charge in [-0.15, -0.1) is 0 Å². The Bertz CT molecular complexity index is 733. The number of ether oxygens (including phenoxy) is 2. The third-order valence-corrected chi connectivity index (χ3v) is 6.23. The van der Waals surface area contributed by atoms with Gasteiger partial charge in [-0.2, -0.15) is 0 Å². The van der Waals surface area contributed by atoms with Crippen molar-refractivity contribution in [3.63, 3.8) is 0 Å². The van der Waals surface area contributed by atoms with Crippen molar-refractivity contribution in [2.45, 2.75) is 26.8 Å². The van der Waals surface area contributed by atoms with Gasteiger partial charge in [-0.25, -0.2) is 13.2 Å². The summed E-state index contributed by atoms with van der Waals surface area (Å²) in [4.78, 5) is 13.9. The Morgan fingerprint density at radius 2 is 1.85 bits per heavy atom. The Kier molecular flexibility index (Phi) is 6.75. The number of carbonyl (C=O) groups excluding carboxylic acids is 1. The number of nitrogens with zero attached hydrogens (tertiary/aromatic N) is 1. The van der Waals surface area contributed by atoms with Gasteiger partial charge in [-0.3, -0.25) is 0 Å². The number of carbonyl (C=O) groups is 1. The number of fused-ring (bicyclic) bond motifs is 1. The maximum atomic E-state index is 12.3. The molecule has 1 heterocycles. The van der Waals surface area contributed by atoms with Crippen LogP contribution in [0, 0.1) is 5.92 Å². The zero-order valence-corrected chi connectivity index (χ0v) is 16.6. The number of nitrogens with one attached hydrogen (secondary N) is 1. The lowest BCUT2D eigenvalue weighted by Gasteiger charge is -2.27. The van der Waals surface area contributed by atoms with E-state index in [0.29, 0.717) is 24.7 Å². The second kappa shape index (κ2) is 8.62. The van der Waals surface area contributed by atoms with Crippen molar-refractivity contribution in [3.8, 4) is 11.5 Å². The van der Waals surface area contributed by atoms with Crippen LogP contribution in [0.25, 0.3) is 0 Å². The van der Waals surface area contributed by atoms with Gasteiger partial charge < -0.3 is 19.7 Å². The minimum Gasteiger partial charge on any atom is -0.486 e. The van der Waals surface area contributed by atoms with Crippen molar-refractivity contribution >= 4 is 15.9 Å². The summed E-state index contributed by atoms with van der Waals surface area (Å²) in [6.07, 6.45) is 0. The summed E-state index contributed by atoms with van der Waals surface area (Å²) in [5, 5.41) is 2.68. The van der Waals surface area contributed by atoms with Crippen molar-refractivity contribution in [2.24, 2.45) is 5.92 Å². The number of hydrogen-bond acceptors (Lipinski definition) is 5. The third kappa shape index (κ3) is 5.52. The van der Waals surface area contributed by atoms with Gasteiger partial charge in [-0.05, 0) is 30.5 Å². The van der Waals surface area contributed by atoms with Crippen LogP contribution in [-0.2, 0) is 9.84 Å². The normalized spacial score (nSPS) is 14.8. The number of urea groups is 1. The van der Waals surface area contributed by atoms with E-state index in [2.05, 4.69) is 5.32 Å². The van der Waals surface area contributed by atoms with Gasteiger partial charge in [0, 0.05) is 13.6 Å². The van der Waals surface area contributed by atoms with Crippen molar-refractivity contribution in [1.29, 1.82) is 0 Å². The van der Waals surface area contributed by atoms with E-state index in [4.69, 9.17) is 9.47 Å². The zero-order valence-electron chi connectivity index (χ0n) is 15.8. The fourth-order valence-corrected chi connectivity index (χ4v) is 4.34. The van der Waals surface area contributed by atoms with Crippen molar-refractivity contribution in [2.75, 3.05) is 38.3 Å². The van der Waals surface area contributed by atoms with Crippen LogP contribution in [0.3, 0.4) is 0 Å². The number of hydrogen-bond donors (Lipinski definition) is 1. The second-order valence-electron chi connectivity index (χ2n) is 6.93. The molecule has 2 amide bonds. The molecule has 1 aromatic rings. The second-order valence-corrected chi connectivity index (χ2v) is 9.16. The lowest BCUT2D eigenvalue weighted by molar-refractivity contribution is 0.170. The van der Waals surface area contributed by atoms with E-state index in [9.17, 15) is 13.2 Å². The van der Waals surface area contributed by atoms with Crippen LogP contribution in [0.15, 0.2) is 18.2 Å². The Balaban J connectivity index is 1.91. The van der Waals surface area contributed by atoms with Crippen LogP contribution in [-0.4, -0.2) is 57.7 Å². The highest BCUT2D eigenvalue weighted by molar-refractivity contribution is 7.91. The van der Waals surface area contributed by atoms with Crippen LogP contribution < -0.4 is 14.8 Å². The minimum absolute atomic E-state index is 0.0524. The monoisotopic (exact) mass is 384 g/mol. The summed E-state index contributed by atoms with van der Waals surface area (Å²) in [6.45, 7) is 6.76. The Labute approximate surface area is 155 Å². The predicted molar refractivity (Wildman–Crippen MR) is 101 cm³/mol. The molecule has 7 nitrogen and oxygen atoms in total. The van der Waals surface area contributed by atoms with Crippen LogP contribution >= 0.6 is 0 Å². The first-order chi connectivity index (χ1) is 12.2. The molecule has 2 rings (SSSR count). The molecular formula is C18H28N2O5S. The highest BCUT2D eigenvalue weighted by Gasteiger charge is 2.21. The Hall–Kier alpha value is -1.96. The van der Waals surface area contributed by atoms with Crippen LogP contribution in [0.2, 0.25) is 0 Å². The first-order valence-corrected chi connectivity index (χ1v) is 10.6. The average molecular weight is 384 g/mol. The van der Waals surface area contributed by atoms with E-state index in [1.54, 1.807) is 11.9 Å². The van der Waals surface area contributed by atoms with E-state index >= 15 is 0 Å². The lowest BCUT2D eigenvalue weighted by atomic mass is 10.1. The number of benzene rings is 1. The Morgan fingerprint density at radius 3 is 2.50 bits per heavy atom. The molecule has 1 atom stereocenters. The average Bonchev–Trinajstić information content (AvgIpc) is 2.58. The molecule has 146 valence electrons. The predicted octanol–water partition coefficient (Wildman–Crippen LogP) is 2.23. The number of amides is 2. The van der Waals surface area contributed by atoms with Gasteiger partial charge in [0.05, 0.1) is 17.5 Å². The number of sulfone groups is 1. The van der Waals surface area contributed by atoms with Gasteiger partial charge >= 0.3 is 6.03 Å². The maximum absolute atomic E-state index is 12.3. The van der Waals surface area contributed by atoms with Gasteiger partial charge in [-0.1, -0.05) is 19.9 Å². The van der Waals surface area contributed by atoms with Gasteiger partial charge in [0.15, 0.2) is 21.3 Å². The van der Waals surface area contributed by atoms with Crippen molar-refractivity contribution in [3.05, 3.63) is 23.8 Å². The maximum Gasteiger partial charge on any atom is 0.317 e. The highest BCUT2D eigenvalue weighted by Crippen LogP contribution is 2.33. The minimum atomic E-state index is -3.15. The van der Waals surface area contributed by atoms with Crippen LogP contribution in [0.1, 0.15) is 32.4 Å². The van der Waals surface area contributed by atoms with Crippen LogP contribution in [0.4, 0.5) is 4.79 Å². The van der Waals surface area contributed by atoms with E-state index in [1.807, 2.05) is 39.0 Å². The molecule has 1 aliphatic rings. The SMILES string of the molecule is CC(C)CS(=O)(=O)CCNC(=O)N(C)[C@H](C)c1ccc2c(c1)OCCO2. The smallest absolute Gasteiger partial charge is 0.317 e. The molecule has 0 aliphatic carbocycles. The first-order valence-electron chi connectivity index (χ1n) is 8.80. The molecule has 1 N–H and O–H groups in total. The summed E-state index contributed by atoms with van der Waals surface area (Å²) in [6, 6.07) is 5.10. The van der Waals surface area contributed by atoms with Crippen LogP contribution in [0.5, 0.6) is 11.5 Å². The van der Waals surface area contributed by atoms with Gasteiger partial charge in [0.2, 0.25) is 0 Å². The molecule has 0 saturated carbocycles.